The molecule has 3 nitrogen and oxygen atoms in total. The molecule has 0 aromatic rings. The van der Waals surface area contributed by atoms with Gasteiger partial charge in [0.05, 0.1) is 0 Å². The molecule has 114 valence electrons. The lowest BCUT2D eigenvalue weighted by Crippen LogP contribution is -2.55. The summed E-state index contributed by atoms with van der Waals surface area (Å²) in [4.78, 5) is 5.27. The fourth-order valence-corrected chi connectivity index (χ4v) is 2.79. The van der Waals surface area contributed by atoms with Crippen LogP contribution in [0.15, 0.2) is 0 Å². The Morgan fingerprint density at radius 1 is 1.05 bits per heavy atom. The van der Waals surface area contributed by atoms with Gasteiger partial charge in [0, 0.05) is 44.8 Å². The molecule has 0 aromatic carbocycles. The fraction of sp³-hybridized carbons (Fsp3) is 1.00. The number of nitrogens with zero attached hydrogens (tertiary/aromatic N) is 2. The van der Waals surface area contributed by atoms with E-state index in [9.17, 15) is 0 Å². The van der Waals surface area contributed by atoms with Crippen molar-refractivity contribution < 1.29 is 0 Å². The quantitative estimate of drug-likeness (QED) is 0.799. The van der Waals surface area contributed by atoms with E-state index >= 15 is 0 Å². The Hall–Kier alpha value is -0.120. The van der Waals surface area contributed by atoms with Gasteiger partial charge in [0.1, 0.15) is 0 Å². The summed E-state index contributed by atoms with van der Waals surface area (Å²) in [5.41, 5.74) is 0.337. The first-order valence-electron chi connectivity index (χ1n) is 8.08. The van der Waals surface area contributed by atoms with E-state index in [2.05, 4.69) is 56.7 Å². The van der Waals surface area contributed by atoms with Crippen molar-refractivity contribution in [1.29, 1.82) is 0 Å². The highest BCUT2D eigenvalue weighted by atomic mass is 15.3. The Morgan fingerprint density at radius 2 is 1.63 bits per heavy atom. The van der Waals surface area contributed by atoms with Gasteiger partial charge >= 0.3 is 0 Å². The Balaban J connectivity index is 2.42. The summed E-state index contributed by atoms with van der Waals surface area (Å²) in [6, 6.07) is 1.34. The summed E-state index contributed by atoms with van der Waals surface area (Å²) in [6.45, 7) is 21.0. The minimum Gasteiger partial charge on any atom is -0.312 e. The second-order valence-electron chi connectivity index (χ2n) is 7.07. The van der Waals surface area contributed by atoms with Crippen LogP contribution in [-0.4, -0.2) is 61.2 Å². The van der Waals surface area contributed by atoms with Crippen LogP contribution in [-0.2, 0) is 0 Å². The van der Waals surface area contributed by atoms with Gasteiger partial charge in [-0.15, -0.1) is 0 Å². The molecule has 1 N–H and O–H groups in total. The molecule has 1 heterocycles. The first-order chi connectivity index (χ1) is 8.88. The lowest BCUT2D eigenvalue weighted by molar-refractivity contribution is 0.0807. The maximum Gasteiger partial charge on any atom is 0.0243 e. The largest absolute Gasteiger partial charge is 0.312 e. The van der Waals surface area contributed by atoms with Gasteiger partial charge in [-0.1, -0.05) is 34.6 Å². The van der Waals surface area contributed by atoms with Gasteiger partial charge in [-0.2, -0.15) is 0 Å². The second-order valence-corrected chi connectivity index (χ2v) is 7.07. The van der Waals surface area contributed by atoms with Crippen molar-refractivity contribution >= 4 is 0 Å². The van der Waals surface area contributed by atoms with Crippen LogP contribution in [0.1, 0.15) is 48.0 Å². The van der Waals surface area contributed by atoms with Crippen LogP contribution in [0.2, 0.25) is 0 Å². The molecule has 1 aliphatic rings. The van der Waals surface area contributed by atoms with Gasteiger partial charge in [-0.05, 0) is 25.3 Å². The minimum absolute atomic E-state index is 0.337. The monoisotopic (exact) mass is 269 g/mol. The zero-order chi connectivity index (χ0) is 14.5. The van der Waals surface area contributed by atoms with Crippen LogP contribution < -0.4 is 5.32 Å². The second kappa shape index (κ2) is 7.61. The predicted octanol–water partition coefficient (Wildman–Crippen LogP) is 2.43. The summed E-state index contributed by atoms with van der Waals surface area (Å²) < 4.78 is 0. The summed E-state index contributed by atoms with van der Waals surface area (Å²) in [6.07, 6.45) is 1.27. The molecule has 1 rings (SSSR count). The average Bonchev–Trinajstić information content (AvgIpc) is 2.37. The van der Waals surface area contributed by atoms with Gasteiger partial charge in [0.2, 0.25) is 0 Å². The third-order valence-electron chi connectivity index (χ3n) is 4.56. The lowest BCUT2D eigenvalue weighted by atomic mass is 9.86. The van der Waals surface area contributed by atoms with Crippen LogP contribution >= 0.6 is 0 Å². The molecule has 1 aliphatic heterocycles. The molecule has 0 radical (unpaired) electrons. The SMILES string of the molecule is CCNC(CN1CCN(C(C)CC)CC1)C(C)(C)C. The molecule has 0 spiro atoms. The molecule has 3 heteroatoms. The molecule has 0 aromatic heterocycles. The van der Waals surface area contributed by atoms with Crippen molar-refractivity contribution in [3.8, 4) is 0 Å². The Morgan fingerprint density at radius 3 is 2.05 bits per heavy atom. The third-order valence-corrected chi connectivity index (χ3v) is 4.56. The van der Waals surface area contributed by atoms with E-state index in [4.69, 9.17) is 0 Å². The summed E-state index contributed by atoms with van der Waals surface area (Å²) in [5, 5.41) is 3.66. The first kappa shape index (κ1) is 16.9. The van der Waals surface area contributed by atoms with Crippen molar-refractivity contribution in [3.63, 3.8) is 0 Å². The van der Waals surface area contributed by atoms with E-state index in [0.717, 1.165) is 12.6 Å². The Kier molecular flexibility index (Phi) is 6.78. The van der Waals surface area contributed by atoms with Gasteiger partial charge in [0.25, 0.3) is 0 Å². The molecule has 19 heavy (non-hydrogen) atoms. The van der Waals surface area contributed by atoms with Crippen molar-refractivity contribution in [1.82, 2.24) is 15.1 Å². The normalized spacial score (nSPS) is 22.4. The first-order valence-corrected chi connectivity index (χ1v) is 8.08. The van der Waals surface area contributed by atoms with Crippen molar-refractivity contribution in [3.05, 3.63) is 0 Å². The van der Waals surface area contributed by atoms with Gasteiger partial charge in [-0.25, -0.2) is 0 Å². The number of piperazine rings is 1. The van der Waals surface area contributed by atoms with Crippen molar-refractivity contribution in [2.24, 2.45) is 5.41 Å². The standard InChI is InChI=1S/C16H35N3/c1-7-14(3)19-11-9-18(10-12-19)13-15(17-8-2)16(4,5)6/h14-15,17H,7-13H2,1-6H3. The molecule has 0 amide bonds. The topological polar surface area (TPSA) is 18.5 Å². The van der Waals surface area contributed by atoms with E-state index in [1.807, 2.05) is 0 Å². The summed E-state index contributed by atoms with van der Waals surface area (Å²) in [5.74, 6) is 0. The lowest BCUT2D eigenvalue weighted by Gasteiger charge is -2.41. The molecule has 0 aliphatic carbocycles. The fourth-order valence-electron chi connectivity index (χ4n) is 2.79. The smallest absolute Gasteiger partial charge is 0.0243 e. The molecule has 0 bridgehead atoms. The molecule has 0 saturated carbocycles. The summed E-state index contributed by atoms with van der Waals surface area (Å²) >= 11 is 0. The number of rotatable bonds is 6. The zero-order valence-corrected chi connectivity index (χ0v) is 14.0. The number of nitrogens with one attached hydrogen (secondary N) is 1. The maximum atomic E-state index is 3.66. The van der Waals surface area contributed by atoms with Crippen LogP contribution in [0.5, 0.6) is 0 Å². The van der Waals surface area contributed by atoms with Crippen LogP contribution in [0.3, 0.4) is 0 Å². The van der Waals surface area contributed by atoms with Gasteiger partial charge < -0.3 is 5.32 Å². The molecule has 2 atom stereocenters. The van der Waals surface area contributed by atoms with Crippen molar-refractivity contribution in [2.75, 3.05) is 39.3 Å². The molecular formula is C16H35N3. The number of hydrogen-bond acceptors (Lipinski definition) is 3. The zero-order valence-electron chi connectivity index (χ0n) is 14.0. The van der Waals surface area contributed by atoms with E-state index in [0.29, 0.717) is 11.5 Å². The molecule has 1 fully saturated rings. The van der Waals surface area contributed by atoms with Crippen LogP contribution in [0.25, 0.3) is 0 Å². The number of hydrogen-bond donors (Lipinski definition) is 1. The van der Waals surface area contributed by atoms with E-state index in [-0.39, 0.29) is 0 Å². The maximum absolute atomic E-state index is 3.66. The molecular weight excluding hydrogens is 234 g/mol. The minimum atomic E-state index is 0.337. The van der Waals surface area contributed by atoms with E-state index in [1.165, 1.54) is 39.1 Å². The highest BCUT2D eigenvalue weighted by Gasteiger charge is 2.28. The number of likely N-dealkylation sites (N-methyl/N-ethyl adjacent to an activating group) is 1. The average molecular weight is 269 g/mol. The van der Waals surface area contributed by atoms with E-state index < -0.39 is 0 Å². The third kappa shape index (κ3) is 5.41. The predicted molar refractivity (Wildman–Crippen MR) is 84.7 cm³/mol. The Bertz CT molecular complexity index is 239. The van der Waals surface area contributed by atoms with Gasteiger partial charge in [-0.3, -0.25) is 9.80 Å². The Labute approximate surface area is 120 Å². The summed E-state index contributed by atoms with van der Waals surface area (Å²) in [7, 11) is 0. The molecule has 1 saturated heterocycles. The van der Waals surface area contributed by atoms with Crippen molar-refractivity contribution in [2.45, 2.75) is 60.0 Å². The molecule has 2 unspecified atom stereocenters. The van der Waals surface area contributed by atoms with Crippen LogP contribution in [0.4, 0.5) is 0 Å². The highest BCUT2D eigenvalue weighted by Crippen LogP contribution is 2.21. The highest BCUT2D eigenvalue weighted by molar-refractivity contribution is 4.85. The van der Waals surface area contributed by atoms with Crippen LogP contribution in [0, 0.1) is 5.41 Å². The van der Waals surface area contributed by atoms with E-state index in [1.54, 1.807) is 0 Å². The van der Waals surface area contributed by atoms with Gasteiger partial charge in [0.15, 0.2) is 0 Å².